The molecule has 1 aliphatic carbocycles. The van der Waals surface area contributed by atoms with Crippen molar-refractivity contribution in [1.29, 1.82) is 0 Å². The normalized spacial score (nSPS) is 27.6. The fourth-order valence-electron chi connectivity index (χ4n) is 2.93. The summed E-state index contributed by atoms with van der Waals surface area (Å²) in [5, 5.41) is 13.6. The number of hydrogen-bond donors (Lipinski definition) is 2. The van der Waals surface area contributed by atoms with Gasteiger partial charge in [-0.1, -0.05) is 25.3 Å². The van der Waals surface area contributed by atoms with Gasteiger partial charge in [0.05, 0.1) is 25.4 Å². The maximum absolute atomic E-state index is 10.1. The average molecular weight is 247 g/mol. The van der Waals surface area contributed by atoms with Crippen LogP contribution in [0.25, 0.3) is 0 Å². The van der Waals surface area contributed by atoms with Crippen molar-refractivity contribution in [2.45, 2.75) is 57.5 Å². The number of aliphatic hydroxyl groups excluding tert-OH is 1. The molecule has 1 fully saturated rings. The van der Waals surface area contributed by atoms with E-state index in [-0.39, 0.29) is 12.1 Å². The summed E-state index contributed by atoms with van der Waals surface area (Å²) >= 11 is 0. The maximum atomic E-state index is 10.1. The zero-order valence-corrected chi connectivity index (χ0v) is 10.7. The predicted molar refractivity (Wildman–Crippen MR) is 71.4 cm³/mol. The monoisotopic (exact) mass is 247 g/mol. The number of nitrogens with one attached hydrogen (secondary N) is 1. The number of anilines is 1. The minimum absolute atomic E-state index is 0.202. The van der Waals surface area contributed by atoms with Crippen LogP contribution in [0, 0.1) is 0 Å². The molecule has 2 atom stereocenters. The van der Waals surface area contributed by atoms with E-state index in [0.29, 0.717) is 0 Å². The minimum atomic E-state index is -0.211. The van der Waals surface area contributed by atoms with Crippen molar-refractivity contribution in [3.05, 3.63) is 29.3 Å². The molecule has 1 aromatic carbocycles. The molecule has 3 heteroatoms. The first-order valence-electron chi connectivity index (χ1n) is 6.97. The lowest BCUT2D eigenvalue weighted by molar-refractivity contribution is 0.134. The molecule has 3 nitrogen and oxygen atoms in total. The van der Waals surface area contributed by atoms with E-state index in [2.05, 4.69) is 23.5 Å². The van der Waals surface area contributed by atoms with Crippen LogP contribution in [0.3, 0.4) is 0 Å². The summed E-state index contributed by atoms with van der Waals surface area (Å²) in [5.41, 5.74) is 3.69. The number of ether oxygens (including phenoxy) is 1. The van der Waals surface area contributed by atoms with Gasteiger partial charge in [0.15, 0.2) is 0 Å². The molecule has 18 heavy (non-hydrogen) atoms. The molecular formula is C15H21NO2. The van der Waals surface area contributed by atoms with Gasteiger partial charge in [-0.15, -0.1) is 0 Å². The van der Waals surface area contributed by atoms with Crippen LogP contribution in [0.15, 0.2) is 18.2 Å². The van der Waals surface area contributed by atoms with Crippen LogP contribution < -0.4 is 5.32 Å². The molecule has 98 valence electrons. The number of hydrogen-bond acceptors (Lipinski definition) is 3. The molecule has 1 saturated carbocycles. The van der Waals surface area contributed by atoms with E-state index >= 15 is 0 Å². The molecule has 1 heterocycles. The Balaban J connectivity index is 1.71. The highest BCUT2D eigenvalue weighted by molar-refractivity contribution is 5.50. The molecule has 1 aromatic rings. The first kappa shape index (κ1) is 12.0. The number of fused-ring (bicyclic) bond motifs is 1. The standard InChI is InChI=1S/C15H21NO2/c17-15-5-3-1-2-4-14(15)16-13-7-6-11-9-18-10-12(11)8-13/h6-8,14-17H,1-5,9-10H2. The average Bonchev–Trinajstić information content (AvgIpc) is 2.75. The van der Waals surface area contributed by atoms with Gasteiger partial charge in [0.2, 0.25) is 0 Å². The molecule has 0 spiro atoms. The van der Waals surface area contributed by atoms with E-state index in [9.17, 15) is 5.11 Å². The van der Waals surface area contributed by atoms with Crippen LogP contribution in [0.1, 0.15) is 43.2 Å². The maximum Gasteiger partial charge on any atom is 0.0741 e. The Labute approximate surface area is 108 Å². The van der Waals surface area contributed by atoms with Crippen LogP contribution >= 0.6 is 0 Å². The van der Waals surface area contributed by atoms with Gasteiger partial charge in [-0.3, -0.25) is 0 Å². The second-order valence-electron chi connectivity index (χ2n) is 5.43. The zero-order valence-electron chi connectivity index (χ0n) is 10.7. The second-order valence-corrected chi connectivity index (χ2v) is 5.43. The highest BCUT2D eigenvalue weighted by Gasteiger charge is 2.21. The van der Waals surface area contributed by atoms with Gasteiger partial charge in [0, 0.05) is 5.69 Å². The molecule has 2 N–H and O–H groups in total. The zero-order chi connectivity index (χ0) is 12.4. The summed E-state index contributed by atoms with van der Waals surface area (Å²) in [5.74, 6) is 0. The lowest BCUT2D eigenvalue weighted by Gasteiger charge is -2.23. The summed E-state index contributed by atoms with van der Waals surface area (Å²) in [6.07, 6.45) is 5.38. The summed E-state index contributed by atoms with van der Waals surface area (Å²) in [6, 6.07) is 6.60. The Hall–Kier alpha value is -1.06. The van der Waals surface area contributed by atoms with Crippen LogP contribution in [0.5, 0.6) is 0 Å². The molecule has 2 unspecified atom stereocenters. The van der Waals surface area contributed by atoms with Crippen molar-refractivity contribution in [3.63, 3.8) is 0 Å². The molecule has 2 aliphatic rings. The van der Waals surface area contributed by atoms with E-state index in [0.717, 1.165) is 38.2 Å². The van der Waals surface area contributed by atoms with Crippen molar-refractivity contribution >= 4 is 5.69 Å². The largest absolute Gasteiger partial charge is 0.391 e. The van der Waals surface area contributed by atoms with Crippen molar-refractivity contribution in [2.75, 3.05) is 5.32 Å². The SMILES string of the molecule is OC1CCCCCC1Nc1ccc2c(c1)COC2. The van der Waals surface area contributed by atoms with Crippen molar-refractivity contribution in [3.8, 4) is 0 Å². The summed E-state index contributed by atoms with van der Waals surface area (Å²) in [7, 11) is 0. The van der Waals surface area contributed by atoms with Crippen LogP contribution in [0.4, 0.5) is 5.69 Å². The molecule has 0 saturated heterocycles. The topological polar surface area (TPSA) is 41.5 Å². The summed E-state index contributed by atoms with van der Waals surface area (Å²) in [6.45, 7) is 1.46. The van der Waals surface area contributed by atoms with Crippen LogP contribution in [-0.2, 0) is 18.0 Å². The Morgan fingerprint density at radius 1 is 1.06 bits per heavy atom. The van der Waals surface area contributed by atoms with Gasteiger partial charge >= 0.3 is 0 Å². The Kier molecular flexibility index (Phi) is 3.52. The van der Waals surface area contributed by atoms with Crippen LogP contribution in [0.2, 0.25) is 0 Å². The third-order valence-corrected chi connectivity index (χ3v) is 4.05. The van der Waals surface area contributed by atoms with Crippen molar-refractivity contribution in [2.24, 2.45) is 0 Å². The Bertz CT molecular complexity index is 419. The fraction of sp³-hybridized carbons (Fsp3) is 0.600. The number of aliphatic hydroxyl groups is 1. The fourth-order valence-corrected chi connectivity index (χ4v) is 2.93. The Morgan fingerprint density at radius 3 is 2.83 bits per heavy atom. The number of benzene rings is 1. The van der Waals surface area contributed by atoms with Crippen molar-refractivity contribution < 1.29 is 9.84 Å². The second kappa shape index (κ2) is 5.29. The highest BCUT2D eigenvalue weighted by Crippen LogP contribution is 2.26. The lowest BCUT2D eigenvalue weighted by atomic mass is 10.0. The predicted octanol–water partition coefficient (Wildman–Crippen LogP) is 2.82. The molecule has 1 aliphatic heterocycles. The molecule has 3 rings (SSSR count). The Morgan fingerprint density at radius 2 is 1.89 bits per heavy atom. The minimum Gasteiger partial charge on any atom is -0.391 e. The highest BCUT2D eigenvalue weighted by atomic mass is 16.5. The van der Waals surface area contributed by atoms with Crippen LogP contribution in [-0.4, -0.2) is 17.3 Å². The first-order valence-corrected chi connectivity index (χ1v) is 6.97. The third kappa shape index (κ3) is 2.52. The van der Waals surface area contributed by atoms with Gasteiger partial charge in [-0.05, 0) is 36.1 Å². The van der Waals surface area contributed by atoms with Gasteiger partial charge in [-0.2, -0.15) is 0 Å². The van der Waals surface area contributed by atoms with E-state index in [1.54, 1.807) is 0 Å². The van der Waals surface area contributed by atoms with E-state index in [1.807, 2.05) is 0 Å². The van der Waals surface area contributed by atoms with E-state index in [1.165, 1.54) is 24.0 Å². The molecule has 0 bridgehead atoms. The van der Waals surface area contributed by atoms with E-state index < -0.39 is 0 Å². The number of rotatable bonds is 2. The van der Waals surface area contributed by atoms with Gasteiger partial charge in [0.25, 0.3) is 0 Å². The molecular weight excluding hydrogens is 226 g/mol. The lowest BCUT2D eigenvalue weighted by Crippen LogP contribution is -2.32. The molecule has 0 amide bonds. The van der Waals surface area contributed by atoms with Gasteiger partial charge in [0.1, 0.15) is 0 Å². The van der Waals surface area contributed by atoms with Gasteiger partial charge in [-0.25, -0.2) is 0 Å². The molecule has 0 radical (unpaired) electrons. The molecule has 0 aromatic heterocycles. The van der Waals surface area contributed by atoms with Gasteiger partial charge < -0.3 is 15.2 Å². The summed E-state index contributed by atoms with van der Waals surface area (Å²) < 4.78 is 5.42. The first-order chi connectivity index (χ1) is 8.83. The van der Waals surface area contributed by atoms with Crippen molar-refractivity contribution in [1.82, 2.24) is 0 Å². The quantitative estimate of drug-likeness (QED) is 0.790. The summed E-state index contributed by atoms with van der Waals surface area (Å²) in [4.78, 5) is 0. The smallest absolute Gasteiger partial charge is 0.0741 e. The third-order valence-electron chi connectivity index (χ3n) is 4.05. The van der Waals surface area contributed by atoms with E-state index in [4.69, 9.17) is 4.74 Å².